The SMILES string of the molecule is [B]N1CC(=O)C2C=CNC2C1. The van der Waals surface area contributed by atoms with Crippen molar-refractivity contribution in [3.8, 4) is 0 Å². The molecule has 2 aliphatic rings. The van der Waals surface area contributed by atoms with Gasteiger partial charge in [0.05, 0.1) is 12.0 Å². The fourth-order valence-corrected chi connectivity index (χ4v) is 1.64. The fraction of sp³-hybridized carbons (Fsp3) is 0.571. The van der Waals surface area contributed by atoms with Gasteiger partial charge in [-0.3, -0.25) is 4.79 Å². The minimum atomic E-state index is 0.0646. The zero-order chi connectivity index (χ0) is 7.84. The molecule has 1 fully saturated rings. The number of Topliss-reactive ketones (excluding diaryl/α,β-unsaturated/α-hetero) is 1. The van der Waals surface area contributed by atoms with Crippen LogP contribution < -0.4 is 5.32 Å². The number of carbonyl (C=O) groups is 1. The Balaban J connectivity index is 2.14. The van der Waals surface area contributed by atoms with Gasteiger partial charge in [-0.25, -0.2) is 0 Å². The van der Waals surface area contributed by atoms with Crippen LogP contribution in [0.3, 0.4) is 0 Å². The molecule has 2 unspecified atom stereocenters. The third-order valence-electron chi connectivity index (χ3n) is 2.21. The molecule has 0 spiro atoms. The van der Waals surface area contributed by atoms with Crippen molar-refractivity contribution < 1.29 is 4.79 Å². The molecule has 0 aromatic carbocycles. The van der Waals surface area contributed by atoms with Crippen molar-refractivity contribution in [3.05, 3.63) is 12.3 Å². The van der Waals surface area contributed by atoms with Gasteiger partial charge < -0.3 is 10.1 Å². The summed E-state index contributed by atoms with van der Waals surface area (Å²) in [6.45, 7) is 1.14. The highest BCUT2D eigenvalue weighted by atomic mass is 16.1. The van der Waals surface area contributed by atoms with Crippen LogP contribution in [0.25, 0.3) is 0 Å². The van der Waals surface area contributed by atoms with Gasteiger partial charge in [0.1, 0.15) is 0 Å². The predicted molar refractivity (Wildman–Crippen MR) is 41.9 cm³/mol. The topological polar surface area (TPSA) is 32.3 Å². The second-order valence-corrected chi connectivity index (χ2v) is 3.05. The van der Waals surface area contributed by atoms with Crippen molar-refractivity contribution in [2.75, 3.05) is 13.1 Å². The lowest BCUT2D eigenvalue weighted by atomic mass is 9.91. The third kappa shape index (κ3) is 1.07. The number of hydrogen-bond acceptors (Lipinski definition) is 3. The highest BCUT2D eigenvalue weighted by Crippen LogP contribution is 2.18. The second kappa shape index (κ2) is 2.38. The van der Waals surface area contributed by atoms with E-state index in [0.29, 0.717) is 6.54 Å². The minimum absolute atomic E-state index is 0.0646. The first kappa shape index (κ1) is 6.92. The van der Waals surface area contributed by atoms with Crippen molar-refractivity contribution >= 4 is 13.8 Å². The molecule has 3 nitrogen and oxygen atoms in total. The maximum atomic E-state index is 11.3. The van der Waals surface area contributed by atoms with Crippen LogP contribution in [-0.2, 0) is 4.79 Å². The zero-order valence-electron chi connectivity index (χ0n) is 6.16. The molecule has 0 amide bonds. The molecular formula is C7H9BN2O. The number of hydrogen-bond donors (Lipinski definition) is 1. The Labute approximate surface area is 66.9 Å². The molecule has 0 bridgehead atoms. The van der Waals surface area contributed by atoms with Crippen LogP contribution in [0.5, 0.6) is 0 Å². The number of nitrogens with one attached hydrogen (secondary N) is 1. The molecule has 11 heavy (non-hydrogen) atoms. The molecule has 2 atom stereocenters. The molecule has 4 heteroatoms. The van der Waals surface area contributed by atoms with E-state index in [-0.39, 0.29) is 17.7 Å². The van der Waals surface area contributed by atoms with E-state index in [1.165, 1.54) is 0 Å². The van der Waals surface area contributed by atoms with Crippen LogP contribution in [0.1, 0.15) is 0 Å². The Kier molecular flexibility index (Phi) is 1.49. The number of carbonyl (C=O) groups excluding carboxylic acids is 1. The van der Waals surface area contributed by atoms with Gasteiger partial charge in [0.2, 0.25) is 0 Å². The Bertz CT molecular complexity index is 216. The van der Waals surface area contributed by atoms with E-state index in [2.05, 4.69) is 5.32 Å². The maximum absolute atomic E-state index is 11.3. The lowest BCUT2D eigenvalue weighted by Gasteiger charge is -2.31. The van der Waals surface area contributed by atoms with Crippen LogP contribution >= 0.6 is 0 Å². The molecule has 2 radical (unpaired) electrons. The van der Waals surface area contributed by atoms with Crippen molar-refractivity contribution in [2.45, 2.75) is 6.04 Å². The van der Waals surface area contributed by atoms with E-state index in [1.54, 1.807) is 4.81 Å². The highest BCUT2D eigenvalue weighted by molar-refractivity contribution is 6.07. The lowest BCUT2D eigenvalue weighted by molar-refractivity contribution is -0.124. The van der Waals surface area contributed by atoms with E-state index in [4.69, 9.17) is 7.98 Å². The minimum Gasteiger partial charge on any atom is -0.386 e. The molecular weight excluding hydrogens is 139 g/mol. The number of ketones is 1. The first-order chi connectivity index (χ1) is 5.27. The molecule has 0 saturated carbocycles. The van der Waals surface area contributed by atoms with Gasteiger partial charge >= 0.3 is 0 Å². The standard InChI is InChI=1S/C7H9BN2O/c8-10-3-6-5(1-2-9-6)7(11)4-10/h1-2,5-6,9H,3-4H2. The Morgan fingerprint density at radius 3 is 3.36 bits per heavy atom. The Morgan fingerprint density at radius 2 is 2.55 bits per heavy atom. The molecule has 56 valence electrons. The number of piperidine rings is 1. The van der Waals surface area contributed by atoms with Crippen LogP contribution in [0.2, 0.25) is 0 Å². The normalized spacial score (nSPS) is 36.9. The zero-order valence-corrected chi connectivity index (χ0v) is 6.16. The van der Waals surface area contributed by atoms with Crippen molar-refractivity contribution in [1.29, 1.82) is 0 Å². The summed E-state index contributed by atoms with van der Waals surface area (Å²) in [5.74, 6) is 0.278. The van der Waals surface area contributed by atoms with E-state index in [0.717, 1.165) is 6.54 Å². The number of rotatable bonds is 0. The van der Waals surface area contributed by atoms with Gasteiger partial charge in [0.15, 0.2) is 13.8 Å². The lowest BCUT2D eigenvalue weighted by Crippen LogP contribution is -2.50. The number of fused-ring (bicyclic) bond motifs is 1. The van der Waals surface area contributed by atoms with Gasteiger partial charge in [-0.05, 0) is 6.20 Å². The first-order valence-corrected chi connectivity index (χ1v) is 3.72. The van der Waals surface area contributed by atoms with E-state index in [9.17, 15) is 4.79 Å². The summed E-state index contributed by atoms with van der Waals surface area (Å²) in [5.41, 5.74) is 0. The second-order valence-electron chi connectivity index (χ2n) is 3.05. The summed E-state index contributed by atoms with van der Waals surface area (Å²) in [5, 5.41) is 3.10. The third-order valence-corrected chi connectivity index (χ3v) is 2.21. The first-order valence-electron chi connectivity index (χ1n) is 3.72. The summed E-state index contributed by atoms with van der Waals surface area (Å²) in [6.07, 6.45) is 3.76. The molecule has 2 heterocycles. The van der Waals surface area contributed by atoms with Crippen molar-refractivity contribution in [1.82, 2.24) is 10.1 Å². The summed E-state index contributed by atoms with van der Waals surface area (Å²) < 4.78 is 0. The molecule has 0 aromatic rings. The Morgan fingerprint density at radius 1 is 1.73 bits per heavy atom. The van der Waals surface area contributed by atoms with Gasteiger partial charge in [-0.15, -0.1) is 0 Å². The van der Waals surface area contributed by atoms with Crippen LogP contribution in [0, 0.1) is 5.92 Å². The molecule has 0 aromatic heterocycles. The number of nitrogens with zero attached hydrogens (tertiary/aromatic N) is 1. The van der Waals surface area contributed by atoms with Crippen LogP contribution in [0.15, 0.2) is 12.3 Å². The molecule has 2 aliphatic heterocycles. The van der Waals surface area contributed by atoms with Gasteiger partial charge in [-0.2, -0.15) is 0 Å². The smallest absolute Gasteiger partial charge is 0.183 e. The maximum Gasteiger partial charge on any atom is 0.183 e. The van der Waals surface area contributed by atoms with Crippen molar-refractivity contribution in [2.24, 2.45) is 5.92 Å². The largest absolute Gasteiger partial charge is 0.386 e. The summed E-state index contributed by atoms with van der Waals surface area (Å²) in [7, 11) is 5.53. The fourth-order valence-electron chi connectivity index (χ4n) is 1.64. The van der Waals surface area contributed by atoms with Gasteiger partial charge in [-0.1, -0.05) is 6.08 Å². The molecule has 1 N–H and O–H groups in total. The van der Waals surface area contributed by atoms with Crippen molar-refractivity contribution in [3.63, 3.8) is 0 Å². The van der Waals surface area contributed by atoms with Gasteiger partial charge in [0.25, 0.3) is 0 Å². The van der Waals surface area contributed by atoms with Crippen LogP contribution in [-0.4, -0.2) is 37.7 Å². The predicted octanol–water partition coefficient (Wildman–Crippen LogP) is -0.944. The monoisotopic (exact) mass is 148 g/mol. The highest BCUT2D eigenvalue weighted by Gasteiger charge is 2.33. The molecule has 1 saturated heterocycles. The van der Waals surface area contributed by atoms with Crippen LogP contribution in [0.4, 0.5) is 0 Å². The molecule has 0 aliphatic carbocycles. The summed E-state index contributed by atoms with van der Waals surface area (Å²) >= 11 is 0. The van der Waals surface area contributed by atoms with E-state index >= 15 is 0 Å². The average Bonchev–Trinajstić information content (AvgIpc) is 2.34. The van der Waals surface area contributed by atoms with E-state index in [1.807, 2.05) is 12.3 Å². The van der Waals surface area contributed by atoms with Gasteiger partial charge in [0, 0.05) is 13.1 Å². The quantitative estimate of drug-likeness (QED) is 0.450. The summed E-state index contributed by atoms with van der Waals surface area (Å²) in [4.78, 5) is 12.8. The van der Waals surface area contributed by atoms with E-state index < -0.39 is 0 Å². The molecule has 2 rings (SSSR count). The Hall–Kier alpha value is -0.765. The summed E-state index contributed by atoms with van der Waals surface area (Å²) in [6, 6.07) is 0.209. The average molecular weight is 148 g/mol.